The molecular weight excluding hydrogens is 398 g/mol. The summed E-state index contributed by atoms with van der Waals surface area (Å²) >= 11 is 0. The summed E-state index contributed by atoms with van der Waals surface area (Å²) in [6.07, 6.45) is 6.04. The van der Waals surface area contributed by atoms with Crippen LogP contribution in [0, 0.1) is 5.41 Å². The molecule has 0 atom stereocenters. The van der Waals surface area contributed by atoms with E-state index in [1.807, 2.05) is 37.3 Å². The van der Waals surface area contributed by atoms with Gasteiger partial charge in [-0.15, -0.1) is 0 Å². The molecule has 6 heteroatoms. The molecule has 0 aromatic heterocycles. The highest BCUT2D eigenvalue weighted by molar-refractivity contribution is 5.98. The van der Waals surface area contributed by atoms with Gasteiger partial charge in [-0.25, -0.2) is 0 Å². The maximum atomic E-state index is 10.2. The number of piperidine rings is 1. The zero-order valence-electron chi connectivity index (χ0n) is 19.3. The number of rotatable bonds is 7. The standard InChI is InChI=1S/C26H35N5O/c1-19(2)31(24-11-4-5-12-25(24)32)15-7-9-21-8-6-10-22(18-21)26(28)29-23-13-16-30(17-14-23)20(3)27/h4-12,18-19,23,27,32H,13-17H2,1-3H3,(H2,28,29)/b9-7+,27-20?. The van der Waals surface area contributed by atoms with Gasteiger partial charge in [0.05, 0.1) is 17.6 Å². The minimum Gasteiger partial charge on any atom is -0.506 e. The molecular formula is C26H35N5O. The Morgan fingerprint density at radius 3 is 2.59 bits per heavy atom. The highest BCUT2D eigenvalue weighted by Crippen LogP contribution is 2.28. The number of likely N-dealkylation sites (tertiary alicyclic amines) is 1. The second kappa shape index (κ2) is 10.8. The molecule has 1 fully saturated rings. The average Bonchev–Trinajstić information content (AvgIpc) is 2.78. The third-order valence-corrected chi connectivity index (χ3v) is 5.87. The van der Waals surface area contributed by atoms with E-state index in [1.165, 1.54) is 0 Å². The van der Waals surface area contributed by atoms with Gasteiger partial charge in [0, 0.05) is 31.2 Å². The van der Waals surface area contributed by atoms with Gasteiger partial charge >= 0.3 is 0 Å². The van der Waals surface area contributed by atoms with Crippen molar-refractivity contribution in [1.29, 1.82) is 5.41 Å². The summed E-state index contributed by atoms with van der Waals surface area (Å²) in [5.41, 5.74) is 9.16. The quantitative estimate of drug-likeness (QED) is 0.443. The summed E-state index contributed by atoms with van der Waals surface area (Å²) in [7, 11) is 0. The van der Waals surface area contributed by atoms with E-state index >= 15 is 0 Å². The van der Waals surface area contributed by atoms with Crippen molar-refractivity contribution in [3.05, 3.63) is 65.7 Å². The van der Waals surface area contributed by atoms with E-state index in [-0.39, 0.29) is 12.1 Å². The Kier molecular flexibility index (Phi) is 7.92. The van der Waals surface area contributed by atoms with E-state index in [9.17, 15) is 5.11 Å². The number of nitrogens with two attached hydrogens (primary N) is 1. The Morgan fingerprint density at radius 1 is 1.22 bits per heavy atom. The maximum absolute atomic E-state index is 10.2. The fraction of sp³-hybridized carbons (Fsp3) is 0.385. The second-order valence-corrected chi connectivity index (χ2v) is 8.58. The molecule has 1 aliphatic heterocycles. The Balaban J connectivity index is 1.66. The minimum absolute atomic E-state index is 0.211. The van der Waals surface area contributed by atoms with Gasteiger partial charge < -0.3 is 20.6 Å². The largest absolute Gasteiger partial charge is 0.506 e. The van der Waals surface area contributed by atoms with Crippen molar-refractivity contribution in [1.82, 2.24) is 4.90 Å². The van der Waals surface area contributed by atoms with Crippen LogP contribution in [0.1, 0.15) is 44.7 Å². The van der Waals surface area contributed by atoms with Crippen LogP contribution in [-0.4, -0.2) is 53.4 Å². The number of aromatic hydroxyl groups is 1. The first-order valence-electron chi connectivity index (χ1n) is 11.3. The van der Waals surface area contributed by atoms with Crippen LogP contribution in [0.2, 0.25) is 0 Å². The molecule has 3 rings (SSSR count). The van der Waals surface area contributed by atoms with E-state index in [0.29, 0.717) is 24.0 Å². The van der Waals surface area contributed by atoms with Crippen LogP contribution in [0.4, 0.5) is 5.69 Å². The van der Waals surface area contributed by atoms with E-state index < -0.39 is 0 Å². The molecule has 1 heterocycles. The topological polar surface area (TPSA) is 88.9 Å². The fourth-order valence-electron chi connectivity index (χ4n) is 4.00. The highest BCUT2D eigenvalue weighted by atomic mass is 16.3. The monoisotopic (exact) mass is 433 g/mol. The maximum Gasteiger partial charge on any atom is 0.138 e. The summed E-state index contributed by atoms with van der Waals surface area (Å²) < 4.78 is 0. The third-order valence-electron chi connectivity index (χ3n) is 5.87. The number of benzene rings is 2. The van der Waals surface area contributed by atoms with Gasteiger partial charge in [0.2, 0.25) is 0 Å². The van der Waals surface area contributed by atoms with Crippen molar-refractivity contribution in [2.45, 2.75) is 45.7 Å². The predicted molar refractivity (Wildman–Crippen MR) is 135 cm³/mol. The van der Waals surface area contributed by atoms with Gasteiger partial charge in [0.25, 0.3) is 0 Å². The second-order valence-electron chi connectivity index (χ2n) is 8.58. The average molecular weight is 434 g/mol. The summed E-state index contributed by atoms with van der Waals surface area (Å²) in [6, 6.07) is 16.0. The molecule has 0 aliphatic carbocycles. The van der Waals surface area contributed by atoms with E-state index in [4.69, 9.17) is 16.1 Å². The zero-order chi connectivity index (χ0) is 23.1. The third kappa shape index (κ3) is 6.13. The Labute approximate surface area is 191 Å². The van der Waals surface area contributed by atoms with Crippen LogP contribution >= 0.6 is 0 Å². The number of phenols is 1. The van der Waals surface area contributed by atoms with Crippen molar-refractivity contribution in [2.75, 3.05) is 24.5 Å². The van der Waals surface area contributed by atoms with E-state index in [0.717, 1.165) is 42.7 Å². The number of aliphatic imine (C=N–C) groups is 1. The number of amidine groups is 2. The predicted octanol–water partition coefficient (Wildman–Crippen LogP) is 4.49. The first kappa shape index (κ1) is 23.4. The highest BCUT2D eigenvalue weighted by Gasteiger charge is 2.19. The lowest BCUT2D eigenvalue weighted by Crippen LogP contribution is -2.38. The van der Waals surface area contributed by atoms with Crippen LogP contribution in [0.15, 0.2) is 59.6 Å². The lowest BCUT2D eigenvalue weighted by atomic mass is 10.0. The molecule has 6 nitrogen and oxygen atoms in total. The summed E-state index contributed by atoms with van der Waals surface area (Å²) in [5, 5.41) is 18.0. The molecule has 4 N–H and O–H groups in total. The van der Waals surface area contributed by atoms with Crippen molar-refractivity contribution in [2.24, 2.45) is 10.7 Å². The van der Waals surface area contributed by atoms with Gasteiger partial charge in [-0.05, 0) is 57.4 Å². The number of hydrogen-bond acceptors (Lipinski definition) is 4. The van der Waals surface area contributed by atoms with Crippen molar-refractivity contribution < 1.29 is 5.11 Å². The zero-order valence-corrected chi connectivity index (χ0v) is 19.3. The van der Waals surface area contributed by atoms with Gasteiger partial charge in [0.15, 0.2) is 0 Å². The number of nitrogens with one attached hydrogen (secondary N) is 1. The lowest BCUT2D eigenvalue weighted by molar-refractivity contribution is 0.312. The fourth-order valence-corrected chi connectivity index (χ4v) is 4.00. The summed E-state index contributed by atoms with van der Waals surface area (Å²) in [5.74, 6) is 1.49. The molecule has 0 spiro atoms. The van der Waals surface area contributed by atoms with Gasteiger partial charge in [-0.2, -0.15) is 0 Å². The van der Waals surface area contributed by atoms with Crippen molar-refractivity contribution in [3.63, 3.8) is 0 Å². The molecule has 1 saturated heterocycles. The Hall–Kier alpha value is -3.28. The molecule has 0 unspecified atom stereocenters. The number of hydrogen-bond donors (Lipinski definition) is 3. The molecule has 0 saturated carbocycles. The summed E-state index contributed by atoms with van der Waals surface area (Å²) in [6.45, 7) is 8.48. The molecule has 0 bridgehead atoms. The van der Waals surface area contributed by atoms with Gasteiger partial charge in [-0.3, -0.25) is 10.4 Å². The number of nitrogens with zero attached hydrogens (tertiary/aromatic N) is 3. The molecule has 0 amide bonds. The smallest absolute Gasteiger partial charge is 0.138 e. The minimum atomic E-state index is 0.211. The van der Waals surface area contributed by atoms with Crippen molar-refractivity contribution >= 4 is 23.4 Å². The molecule has 1 aliphatic rings. The molecule has 2 aromatic carbocycles. The number of para-hydroxylation sites is 2. The number of phenolic OH excluding ortho intramolecular Hbond substituents is 1. The Bertz CT molecular complexity index is 974. The first-order chi connectivity index (χ1) is 15.3. The van der Waals surface area contributed by atoms with Crippen molar-refractivity contribution in [3.8, 4) is 5.75 Å². The van der Waals surface area contributed by atoms with E-state index in [2.05, 4.69) is 47.9 Å². The van der Waals surface area contributed by atoms with Crippen LogP contribution in [0.3, 0.4) is 0 Å². The van der Waals surface area contributed by atoms with Crippen LogP contribution in [0.25, 0.3) is 6.08 Å². The summed E-state index contributed by atoms with van der Waals surface area (Å²) in [4.78, 5) is 9.01. The lowest BCUT2D eigenvalue weighted by Gasteiger charge is -2.31. The number of anilines is 1. The SMILES string of the molecule is CC(=N)N1CCC(N=C(N)c2cccc(/C=C/CN(c3ccccc3O)C(C)C)c2)CC1. The van der Waals surface area contributed by atoms with Gasteiger partial charge in [-0.1, -0.05) is 42.5 Å². The molecule has 2 aromatic rings. The first-order valence-corrected chi connectivity index (χ1v) is 11.3. The van der Waals surface area contributed by atoms with Crippen LogP contribution in [-0.2, 0) is 0 Å². The van der Waals surface area contributed by atoms with Crippen LogP contribution in [0.5, 0.6) is 5.75 Å². The van der Waals surface area contributed by atoms with Crippen LogP contribution < -0.4 is 10.6 Å². The van der Waals surface area contributed by atoms with Gasteiger partial charge in [0.1, 0.15) is 11.6 Å². The molecule has 0 radical (unpaired) electrons. The van der Waals surface area contributed by atoms with E-state index in [1.54, 1.807) is 6.07 Å². The molecule has 170 valence electrons. The Morgan fingerprint density at radius 2 is 1.94 bits per heavy atom. The normalized spacial score (nSPS) is 15.5. The molecule has 32 heavy (non-hydrogen) atoms.